The van der Waals surface area contributed by atoms with Crippen molar-refractivity contribution in [2.24, 2.45) is 0 Å². The predicted octanol–water partition coefficient (Wildman–Crippen LogP) is 2.66. The van der Waals surface area contributed by atoms with E-state index in [2.05, 4.69) is 46.4 Å². The molecule has 0 radical (unpaired) electrons. The molecule has 98 valence electrons. The molecule has 0 fully saturated rings. The summed E-state index contributed by atoms with van der Waals surface area (Å²) in [6.07, 6.45) is 4.60. The van der Waals surface area contributed by atoms with Crippen molar-refractivity contribution in [3.05, 3.63) is 36.5 Å². The van der Waals surface area contributed by atoms with E-state index in [-0.39, 0.29) is 0 Å². The summed E-state index contributed by atoms with van der Waals surface area (Å²) in [7, 11) is 1.73. The second-order valence-electron chi connectivity index (χ2n) is 4.52. The lowest BCUT2D eigenvalue weighted by atomic mass is 10.2. The van der Waals surface area contributed by atoms with Crippen molar-refractivity contribution in [1.82, 2.24) is 9.88 Å². The molecule has 3 nitrogen and oxygen atoms in total. The Hall–Kier alpha value is -1.32. The SMILES string of the molecule is COCCNCCCCn1ccc2ccccc21. The maximum atomic E-state index is 4.99. The summed E-state index contributed by atoms with van der Waals surface area (Å²) in [5.74, 6) is 0. The predicted molar refractivity (Wildman–Crippen MR) is 75.9 cm³/mol. The van der Waals surface area contributed by atoms with E-state index in [1.807, 2.05) is 0 Å². The van der Waals surface area contributed by atoms with Crippen molar-refractivity contribution in [2.45, 2.75) is 19.4 Å². The third kappa shape index (κ3) is 3.59. The van der Waals surface area contributed by atoms with Gasteiger partial charge in [-0.3, -0.25) is 0 Å². The highest BCUT2D eigenvalue weighted by Crippen LogP contribution is 2.15. The topological polar surface area (TPSA) is 26.2 Å². The van der Waals surface area contributed by atoms with Gasteiger partial charge in [0.2, 0.25) is 0 Å². The molecule has 0 spiro atoms. The van der Waals surface area contributed by atoms with Crippen LogP contribution in [0.3, 0.4) is 0 Å². The van der Waals surface area contributed by atoms with Crippen LogP contribution in [0.15, 0.2) is 36.5 Å². The summed E-state index contributed by atoms with van der Waals surface area (Å²) in [5.41, 5.74) is 1.34. The number of fused-ring (bicyclic) bond motifs is 1. The summed E-state index contributed by atoms with van der Waals surface area (Å²) < 4.78 is 7.33. The van der Waals surface area contributed by atoms with Crippen LogP contribution in [-0.2, 0) is 11.3 Å². The number of nitrogens with zero attached hydrogens (tertiary/aromatic N) is 1. The van der Waals surface area contributed by atoms with Gasteiger partial charge in [0.25, 0.3) is 0 Å². The Morgan fingerprint density at radius 3 is 2.89 bits per heavy atom. The molecule has 0 amide bonds. The molecule has 1 heterocycles. The lowest BCUT2D eigenvalue weighted by Gasteiger charge is -2.06. The second-order valence-corrected chi connectivity index (χ2v) is 4.52. The molecule has 0 aliphatic heterocycles. The fraction of sp³-hybridized carbons (Fsp3) is 0.467. The number of hydrogen-bond donors (Lipinski definition) is 1. The molecule has 1 N–H and O–H groups in total. The van der Waals surface area contributed by atoms with Gasteiger partial charge in [0.1, 0.15) is 0 Å². The van der Waals surface area contributed by atoms with Crippen LogP contribution in [0.5, 0.6) is 0 Å². The molecule has 1 aromatic heterocycles. The van der Waals surface area contributed by atoms with E-state index < -0.39 is 0 Å². The number of nitrogens with one attached hydrogen (secondary N) is 1. The van der Waals surface area contributed by atoms with Crippen molar-refractivity contribution in [3.8, 4) is 0 Å². The number of unbranched alkanes of at least 4 members (excludes halogenated alkanes) is 1. The van der Waals surface area contributed by atoms with Crippen molar-refractivity contribution >= 4 is 10.9 Å². The van der Waals surface area contributed by atoms with Crippen LogP contribution >= 0.6 is 0 Å². The summed E-state index contributed by atoms with van der Waals surface area (Å²) in [6.45, 7) is 3.91. The maximum Gasteiger partial charge on any atom is 0.0587 e. The van der Waals surface area contributed by atoms with E-state index >= 15 is 0 Å². The van der Waals surface area contributed by atoms with Crippen molar-refractivity contribution in [3.63, 3.8) is 0 Å². The maximum absolute atomic E-state index is 4.99. The van der Waals surface area contributed by atoms with Crippen molar-refractivity contribution in [2.75, 3.05) is 26.8 Å². The quantitative estimate of drug-likeness (QED) is 0.725. The first-order valence-electron chi connectivity index (χ1n) is 6.65. The van der Waals surface area contributed by atoms with Gasteiger partial charge in [0.15, 0.2) is 0 Å². The van der Waals surface area contributed by atoms with Crippen LogP contribution in [0.1, 0.15) is 12.8 Å². The Labute approximate surface area is 109 Å². The van der Waals surface area contributed by atoms with E-state index in [1.54, 1.807) is 7.11 Å². The monoisotopic (exact) mass is 246 g/mol. The molecule has 2 rings (SSSR count). The first-order chi connectivity index (χ1) is 8.92. The number of rotatable bonds is 8. The zero-order chi connectivity index (χ0) is 12.6. The van der Waals surface area contributed by atoms with Crippen LogP contribution in [0.4, 0.5) is 0 Å². The molecule has 0 aliphatic carbocycles. The number of benzene rings is 1. The average molecular weight is 246 g/mol. The lowest BCUT2D eigenvalue weighted by Crippen LogP contribution is -2.20. The zero-order valence-electron chi connectivity index (χ0n) is 11.1. The van der Waals surface area contributed by atoms with Gasteiger partial charge in [0.05, 0.1) is 6.61 Å². The first-order valence-corrected chi connectivity index (χ1v) is 6.65. The minimum atomic E-state index is 0.794. The average Bonchev–Trinajstić information content (AvgIpc) is 2.81. The third-order valence-electron chi connectivity index (χ3n) is 3.17. The minimum Gasteiger partial charge on any atom is -0.383 e. The standard InChI is InChI=1S/C15H22N2O/c1-18-13-10-16-9-4-5-11-17-12-8-14-6-2-3-7-15(14)17/h2-3,6-8,12,16H,4-5,9-11,13H2,1H3. The molecule has 0 bridgehead atoms. The summed E-state index contributed by atoms with van der Waals surface area (Å²) in [5, 5.41) is 4.70. The number of hydrogen-bond acceptors (Lipinski definition) is 2. The van der Waals surface area contributed by atoms with Gasteiger partial charge in [-0.2, -0.15) is 0 Å². The summed E-state index contributed by atoms with van der Waals surface area (Å²) in [4.78, 5) is 0. The second kappa shape index (κ2) is 7.19. The first kappa shape index (κ1) is 13.1. The molecular weight excluding hydrogens is 224 g/mol. The third-order valence-corrected chi connectivity index (χ3v) is 3.17. The van der Waals surface area contributed by atoms with E-state index in [4.69, 9.17) is 4.74 Å². The highest BCUT2D eigenvalue weighted by atomic mass is 16.5. The Bertz CT molecular complexity index is 464. The van der Waals surface area contributed by atoms with Gasteiger partial charge in [-0.15, -0.1) is 0 Å². The summed E-state index contributed by atoms with van der Waals surface area (Å²) >= 11 is 0. The molecule has 18 heavy (non-hydrogen) atoms. The van der Waals surface area contributed by atoms with Gasteiger partial charge in [-0.05, 0) is 36.9 Å². The fourth-order valence-electron chi connectivity index (χ4n) is 2.17. The van der Waals surface area contributed by atoms with Crippen molar-refractivity contribution < 1.29 is 4.74 Å². The van der Waals surface area contributed by atoms with E-state index in [0.29, 0.717) is 0 Å². The fourth-order valence-corrected chi connectivity index (χ4v) is 2.17. The molecule has 0 unspecified atom stereocenters. The Morgan fingerprint density at radius 1 is 1.11 bits per heavy atom. The normalized spacial score (nSPS) is 11.2. The number of ether oxygens (including phenoxy) is 1. The zero-order valence-corrected chi connectivity index (χ0v) is 11.1. The van der Waals surface area contributed by atoms with Gasteiger partial charge < -0.3 is 14.6 Å². The van der Waals surface area contributed by atoms with Crippen LogP contribution in [0, 0.1) is 0 Å². The molecule has 0 aliphatic rings. The molecule has 0 atom stereocenters. The van der Waals surface area contributed by atoms with E-state index in [0.717, 1.165) is 26.2 Å². The van der Waals surface area contributed by atoms with Gasteiger partial charge in [-0.25, -0.2) is 0 Å². The highest BCUT2D eigenvalue weighted by Gasteiger charge is 1.98. The number of aromatic nitrogens is 1. The van der Waals surface area contributed by atoms with Gasteiger partial charge in [0, 0.05) is 31.9 Å². The van der Waals surface area contributed by atoms with E-state index in [1.165, 1.54) is 23.7 Å². The Balaban J connectivity index is 1.70. The number of methoxy groups -OCH3 is 1. The van der Waals surface area contributed by atoms with Gasteiger partial charge in [-0.1, -0.05) is 18.2 Å². The molecule has 1 aromatic carbocycles. The number of aryl methyl sites for hydroxylation is 1. The smallest absolute Gasteiger partial charge is 0.0587 e. The molecular formula is C15H22N2O. The lowest BCUT2D eigenvalue weighted by molar-refractivity contribution is 0.199. The van der Waals surface area contributed by atoms with Crippen LogP contribution in [-0.4, -0.2) is 31.4 Å². The number of para-hydroxylation sites is 1. The highest BCUT2D eigenvalue weighted by molar-refractivity contribution is 5.79. The summed E-state index contributed by atoms with van der Waals surface area (Å²) in [6, 6.07) is 10.7. The Morgan fingerprint density at radius 2 is 2.00 bits per heavy atom. The van der Waals surface area contributed by atoms with Crippen LogP contribution in [0.25, 0.3) is 10.9 Å². The van der Waals surface area contributed by atoms with Crippen LogP contribution in [0.2, 0.25) is 0 Å². The largest absolute Gasteiger partial charge is 0.383 e. The Kier molecular flexibility index (Phi) is 5.24. The molecule has 2 aromatic rings. The van der Waals surface area contributed by atoms with Crippen LogP contribution < -0.4 is 5.32 Å². The molecule has 3 heteroatoms. The minimum absolute atomic E-state index is 0.794. The van der Waals surface area contributed by atoms with E-state index in [9.17, 15) is 0 Å². The molecule has 0 saturated carbocycles. The molecule has 0 saturated heterocycles. The van der Waals surface area contributed by atoms with Gasteiger partial charge >= 0.3 is 0 Å². The van der Waals surface area contributed by atoms with Crippen molar-refractivity contribution in [1.29, 1.82) is 0 Å².